The lowest BCUT2D eigenvalue weighted by atomic mass is 9.94. The van der Waals surface area contributed by atoms with Gasteiger partial charge < -0.3 is 15.3 Å². The lowest BCUT2D eigenvalue weighted by Gasteiger charge is -2.31. The zero-order valence-corrected chi connectivity index (χ0v) is 17.7. The van der Waals surface area contributed by atoms with Gasteiger partial charge in [-0.15, -0.1) is 0 Å². The van der Waals surface area contributed by atoms with Crippen LogP contribution in [0.15, 0.2) is 33.7 Å². The van der Waals surface area contributed by atoms with Gasteiger partial charge in [0.1, 0.15) is 24.2 Å². The minimum atomic E-state index is -0.978. The van der Waals surface area contributed by atoms with E-state index < -0.39 is 18.4 Å². The van der Waals surface area contributed by atoms with Crippen LogP contribution in [0.2, 0.25) is 0 Å². The van der Waals surface area contributed by atoms with Crippen LogP contribution in [0.5, 0.6) is 0 Å². The van der Waals surface area contributed by atoms with Gasteiger partial charge >= 0.3 is 0 Å². The Balaban J connectivity index is 1.39. The Morgan fingerprint density at radius 1 is 1.27 bits per heavy atom. The van der Waals surface area contributed by atoms with Crippen LogP contribution in [0.25, 0.3) is 0 Å². The summed E-state index contributed by atoms with van der Waals surface area (Å²) in [6.07, 6.45) is 9.14. The van der Waals surface area contributed by atoms with E-state index in [1.165, 1.54) is 6.08 Å². The average Bonchev–Trinajstić information content (AvgIpc) is 3.24. The highest BCUT2D eigenvalue weighted by Crippen LogP contribution is 2.32. The molecule has 0 bridgehead atoms. The van der Waals surface area contributed by atoms with Crippen molar-refractivity contribution in [3.8, 4) is 0 Å². The maximum Gasteiger partial charge on any atom is 0.248 e. The molecule has 2 N–H and O–H groups in total. The molecule has 2 aliphatic heterocycles. The third-order valence-electron chi connectivity index (χ3n) is 5.99. The van der Waals surface area contributed by atoms with Gasteiger partial charge in [-0.2, -0.15) is 11.8 Å². The van der Waals surface area contributed by atoms with Gasteiger partial charge in [0.2, 0.25) is 11.8 Å². The SMILES string of the molecule is O=C1NC(CSC2CCN(C(=O)CO)CC2)=NC2=CC(=NC3CCCC3)C=C(F)C12. The number of allylic oxidation sites excluding steroid dienone is 2. The number of thioether (sulfide) groups is 1. The highest BCUT2D eigenvalue weighted by Gasteiger charge is 2.35. The lowest BCUT2D eigenvalue weighted by molar-refractivity contribution is -0.135. The fourth-order valence-corrected chi connectivity index (χ4v) is 5.43. The van der Waals surface area contributed by atoms with E-state index in [1.807, 2.05) is 0 Å². The summed E-state index contributed by atoms with van der Waals surface area (Å²) in [5, 5.41) is 12.1. The van der Waals surface area contributed by atoms with E-state index in [9.17, 15) is 14.0 Å². The molecule has 1 saturated heterocycles. The molecule has 2 amide bonds. The second-order valence-electron chi connectivity index (χ2n) is 8.12. The monoisotopic (exact) mass is 434 g/mol. The molecule has 30 heavy (non-hydrogen) atoms. The van der Waals surface area contributed by atoms with Gasteiger partial charge in [0.15, 0.2) is 0 Å². The first kappa shape index (κ1) is 21.2. The number of aliphatic imine (C=N–C) groups is 2. The molecule has 1 saturated carbocycles. The largest absolute Gasteiger partial charge is 0.387 e. The predicted octanol–water partition coefficient (Wildman–Crippen LogP) is 1.98. The summed E-state index contributed by atoms with van der Waals surface area (Å²) in [7, 11) is 0. The van der Waals surface area contributed by atoms with Gasteiger partial charge in [0.05, 0.1) is 23.2 Å². The van der Waals surface area contributed by atoms with Crippen LogP contribution < -0.4 is 5.32 Å². The third-order valence-corrected chi connectivity index (χ3v) is 7.37. The normalized spacial score (nSPS) is 26.8. The summed E-state index contributed by atoms with van der Waals surface area (Å²) < 4.78 is 14.6. The summed E-state index contributed by atoms with van der Waals surface area (Å²) >= 11 is 1.68. The van der Waals surface area contributed by atoms with Crippen molar-refractivity contribution in [3.63, 3.8) is 0 Å². The summed E-state index contributed by atoms with van der Waals surface area (Å²) in [6, 6.07) is 0.234. The molecule has 0 aromatic heterocycles. The molecule has 0 aromatic carbocycles. The molecule has 0 spiro atoms. The number of aliphatic hydroxyl groups excluding tert-OH is 1. The van der Waals surface area contributed by atoms with Crippen LogP contribution in [0.3, 0.4) is 0 Å². The molecule has 0 aromatic rings. The minimum absolute atomic E-state index is 0.234. The first-order valence-corrected chi connectivity index (χ1v) is 11.6. The number of nitrogens with one attached hydrogen (secondary N) is 1. The standard InChI is InChI=1S/C21H27FN4O3S/c22-16-9-14(23-13-3-1-2-4-13)10-17-20(16)21(29)25-18(24-17)12-30-15-5-7-26(8-6-15)19(28)11-27/h9-10,13,15,20,27H,1-8,11-12H2,(H,24,25,29). The van der Waals surface area contributed by atoms with Crippen LogP contribution in [-0.4, -0.2) is 70.1 Å². The van der Waals surface area contributed by atoms with E-state index in [0.717, 1.165) is 38.5 Å². The van der Waals surface area contributed by atoms with Crippen LogP contribution >= 0.6 is 11.8 Å². The zero-order valence-electron chi connectivity index (χ0n) is 16.8. The molecule has 1 atom stereocenters. The van der Waals surface area contributed by atoms with Crippen molar-refractivity contribution in [2.75, 3.05) is 25.4 Å². The number of fused-ring (bicyclic) bond motifs is 1. The first-order chi connectivity index (χ1) is 14.5. The summed E-state index contributed by atoms with van der Waals surface area (Å²) in [4.78, 5) is 34.9. The molecule has 0 radical (unpaired) electrons. The molecule has 4 aliphatic rings. The Morgan fingerprint density at radius 2 is 2.00 bits per heavy atom. The molecular weight excluding hydrogens is 407 g/mol. The number of piperidine rings is 1. The summed E-state index contributed by atoms with van der Waals surface area (Å²) in [6.45, 7) is 0.800. The number of rotatable bonds is 5. The molecular formula is C21H27FN4O3S. The fourth-order valence-electron chi connectivity index (χ4n) is 4.35. The number of nitrogens with zero attached hydrogens (tertiary/aromatic N) is 3. The number of likely N-dealkylation sites (tertiary alicyclic amines) is 1. The molecule has 2 heterocycles. The number of carbonyl (C=O) groups excluding carboxylic acids is 2. The Morgan fingerprint density at radius 3 is 2.70 bits per heavy atom. The Hall–Kier alpha value is -2.00. The van der Waals surface area contributed by atoms with Crippen molar-refractivity contribution < 1.29 is 19.1 Å². The fraction of sp³-hybridized carbons (Fsp3) is 0.619. The quantitative estimate of drug-likeness (QED) is 0.692. The Kier molecular flexibility index (Phi) is 6.67. The summed E-state index contributed by atoms with van der Waals surface area (Å²) in [5.74, 6) is -1.04. The van der Waals surface area contributed by atoms with E-state index in [4.69, 9.17) is 5.11 Å². The molecule has 2 fully saturated rings. The van der Waals surface area contributed by atoms with Gasteiger partial charge in [0.25, 0.3) is 0 Å². The number of aliphatic hydroxyl groups is 1. The van der Waals surface area contributed by atoms with Crippen molar-refractivity contribution in [2.45, 2.75) is 49.8 Å². The van der Waals surface area contributed by atoms with Gasteiger partial charge in [-0.05, 0) is 37.8 Å². The van der Waals surface area contributed by atoms with Gasteiger partial charge in [-0.25, -0.2) is 9.38 Å². The average molecular weight is 435 g/mol. The smallest absolute Gasteiger partial charge is 0.248 e. The van der Waals surface area contributed by atoms with Gasteiger partial charge in [0, 0.05) is 18.3 Å². The van der Waals surface area contributed by atoms with E-state index >= 15 is 0 Å². The maximum absolute atomic E-state index is 14.6. The summed E-state index contributed by atoms with van der Waals surface area (Å²) in [5.41, 5.74) is 0.992. The zero-order chi connectivity index (χ0) is 21.1. The minimum Gasteiger partial charge on any atom is -0.387 e. The third kappa shape index (κ3) is 4.83. The highest BCUT2D eigenvalue weighted by molar-refractivity contribution is 8.00. The number of amides is 2. The predicted molar refractivity (Wildman–Crippen MR) is 115 cm³/mol. The number of carbonyl (C=O) groups is 2. The highest BCUT2D eigenvalue weighted by atomic mass is 32.2. The first-order valence-electron chi connectivity index (χ1n) is 10.6. The van der Waals surface area contributed by atoms with Crippen LogP contribution in [0, 0.1) is 5.92 Å². The van der Waals surface area contributed by atoms with Crippen molar-refractivity contribution >= 4 is 35.1 Å². The topological polar surface area (TPSA) is 94.4 Å². The Bertz CT molecular complexity index is 824. The van der Waals surface area contributed by atoms with Gasteiger partial charge in [-0.3, -0.25) is 14.6 Å². The number of hydrogen-bond acceptors (Lipinski definition) is 6. The van der Waals surface area contributed by atoms with E-state index in [0.29, 0.717) is 41.3 Å². The van der Waals surface area contributed by atoms with Crippen molar-refractivity contribution in [1.82, 2.24) is 10.2 Å². The van der Waals surface area contributed by atoms with E-state index in [1.54, 1.807) is 22.7 Å². The molecule has 4 rings (SSSR count). The molecule has 9 heteroatoms. The van der Waals surface area contributed by atoms with Crippen molar-refractivity contribution in [3.05, 3.63) is 23.7 Å². The van der Waals surface area contributed by atoms with Crippen LogP contribution in [0.4, 0.5) is 4.39 Å². The van der Waals surface area contributed by atoms with Crippen LogP contribution in [0.1, 0.15) is 38.5 Å². The van der Waals surface area contributed by atoms with Crippen molar-refractivity contribution in [2.24, 2.45) is 15.9 Å². The molecule has 2 aliphatic carbocycles. The number of halogens is 1. The van der Waals surface area contributed by atoms with E-state index in [2.05, 4.69) is 15.3 Å². The maximum atomic E-state index is 14.6. The number of hydrogen-bond donors (Lipinski definition) is 2. The van der Waals surface area contributed by atoms with E-state index in [-0.39, 0.29) is 17.9 Å². The molecule has 7 nitrogen and oxygen atoms in total. The van der Waals surface area contributed by atoms with Crippen molar-refractivity contribution in [1.29, 1.82) is 0 Å². The molecule has 1 unspecified atom stereocenters. The van der Waals surface area contributed by atoms with Gasteiger partial charge in [-0.1, -0.05) is 12.8 Å². The molecule has 162 valence electrons. The number of amidine groups is 1. The second-order valence-corrected chi connectivity index (χ2v) is 9.41. The lowest BCUT2D eigenvalue weighted by Crippen LogP contribution is -2.44. The second kappa shape index (κ2) is 9.43. The van der Waals surface area contributed by atoms with Crippen LogP contribution in [-0.2, 0) is 9.59 Å². The Labute approximate surface area is 179 Å².